The van der Waals surface area contributed by atoms with E-state index in [9.17, 15) is 14.4 Å². The zero-order valence-electron chi connectivity index (χ0n) is 20.1. The van der Waals surface area contributed by atoms with Crippen LogP contribution < -0.4 is 19.7 Å². The highest BCUT2D eigenvalue weighted by Crippen LogP contribution is 2.36. The molecule has 0 unspecified atom stereocenters. The van der Waals surface area contributed by atoms with Gasteiger partial charge in [0.2, 0.25) is 0 Å². The lowest BCUT2D eigenvalue weighted by Gasteiger charge is -2.26. The summed E-state index contributed by atoms with van der Waals surface area (Å²) >= 11 is 3.51. The summed E-state index contributed by atoms with van der Waals surface area (Å²) in [6.07, 6.45) is 1.43. The molecule has 0 radical (unpaired) electrons. The van der Waals surface area contributed by atoms with Crippen molar-refractivity contribution >= 4 is 45.5 Å². The second kappa shape index (κ2) is 10.8. The maximum absolute atomic E-state index is 13.2. The molecule has 0 atom stereocenters. The van der Waals surface area contributed by atoms with Gasteiger partial charge in [0.15, 0.2) is 11.5 Å². The van der Waals surface area contributed by atoms with Crippen molar-refractivity contribution < 1.29 is 23.9 Å². The van der Waals surface area contributed by atoms with E-state index in [1.807, 2.05) is 45.0 Å². The lowest BCUT2D eigenvalue weighted by Crippen LogP contribution is -2.54. The number of carbonyl (C=O) groups excluding carboxylic acids is 3. The number of nitrogens with one attached hydrogen (secondary N) is 1. The summed E-state index contributed by atoms with van der Waals surface area (Å²) in [5, 5.41) is 2.24. The van der Waals surface area contributed by atoms with Crippen molar-refractivity contribution in [2.45, 2.75) is 27.4 Å². The number of ether oxygens (including phenoxy) is 2. The van der Waals surface area contributed by atoms with Gasteiger partial charge in [0.25, 0.3) is 11.8 Å². The van der Waals surface area contributed by atoms with E-state index in [0.717, 1.165) is 21.6 Å². The van der Waals surface area contributed by atoms with Crippen molar-refractivity contribution in [3.05, 3.63) is 93.0 Å². The number of amides is 4. The fourth-order valence-corrected chi connectivity index (χ4v) is 4.07. The number of nitrogens with zero attached hydrogens (tertiary/aromatic N) is 1. The van der Waals surface area contributed by atoms with E-state index in [0.29, 0.717) is 40.4 Å². The van der Waals surface area contributed by atoms with Gasteiger partial charge in [-0.05, 0) is 62.2 Å². The first-order valence-corrected chi connectivity index (χ1v) is 12.2. The van der Waals surface area contributed by atoms with Gasteiger partial charge in [-0.25, -0.2) is 9.69 Å². The lowest BCUT2D eigenvalue weighted by atomic mass is 10.1. The second-order valence-corrected chi connectivity index (χ2v) is 9.18. The van der Waals surface area contributed by atoms with E-state index in [4.69, 9.17) is 9.47 Å². The van der Waals surface area contributed by atoms with E-state index in [2.05, 4.69) is 21.2 Å². The molecular formula is C28H25BrN2O5. The van der Waals surface area contributed by atoms with Gasteiger partial charge in [0.05, 0.1) is 12.3 Å². The Morgan fingerprint density at radius 1 is 0.889 bits per heavy atom. The van der Waals surface area contributed by atoms with E-state index in [-0.39, 0.29) is 5.57 Å². The summed E-state index contributed by atoms with van der Waals surface area (Å²) in [4.78, 5) is 39.2. The van der Waals surface area contributed by atoms with Crippen LogP contribution in [0.15, 0.2) is 70.7 Å². The minimum atomic E-state index is -0.792. The molecule has 3 aromatic rings. The van der Waals surface area contributed by atoms with Crippen LogP contribution >= 0.6 is 15.9 Å². The molecule has 0 aliphatic carbocycles. The minimum absolute atomic E-state index is 0.174. The number of hydrogen-bond donors (Lipinski definition) is 1. The van der Waals surface area contributed by atoms with Gasteiger partial charge in [-0.2, -0.15) is 0 Å². The first kappa shape index (κ1) is 25.2. The van der Waals surface area contributed by atoms with Crippen molar-refractivity contribution in [3.63, 3.8) is 0 Å². The van der Waals surface area contributed by atoms with Crippen LogP contribution in [-0.2, 0) is 16.2 Å². The lowest BCUT2D eigenvalue weighted by molar-refractivity contribution is -0.122. The molecule has 3 aromatic carbocycles. The quantitative estimate of drug-likeness (QED) is 0.302. The molecule has 0 aromatic heterocycles. The molecule has 1 heterocycles. The molecule has 184 valence electrons. The Balaban J connectivity index is 1.65. The molecule has 7 nitrogen and oxygen atoms in total. The number of halogens is 1. The molecule has 8 heteroatoms. The summed E-state index contributed by atoms with van der Waals surface area (Å²) in [6.45, 7) is 6.52. The van der Waals surface area contributed by atoms with Crippen molar-refractivity contribution in [2.75, 3.05) is 11.5 Å². The van der Waals surface area contributed by atoms with Gasteiger partial charge in [0, 0.05) is 4.47 Å². The number of barbiturate groups is 1. The number of imide groups is 2. The monoisotopic (exact) mass is 548 g/mol. The van der Waals surface area contributed by atoms with Gasteiger partial charge < -0.3 is 9.47 Å². The Bertz CT molecular complexity index is 1350. The minimum Gasteiger partial charge on any atom is -0.490 e. The van der Waals surface area contributed by atoms with Gasteiger partial charge in [-0.1, -0.05) is 63.5 Å². The fourth-order valence-electron chi connectivity index (χ4n) is 3.63. The second-order valence-electron chi connectivity index (χ2n) is 8.32. The first-order chi connectivity index (χ1) is 17.3. The zero-order valence-corrected chi connectivity index (χ0v) is 21.7. The predicted octanol–water partition coefficient (Wildman–Crippen LogP) is 5.71. The highest BCUT2D eigenvalue weighted by atomic mass is 79.9. The van der Waals surface area contributed by atoms with Crippen molar-refractivity contribution in [3.8, 4) is 11.5 Å². The molecule has 1 fully saturated rings. The normalized spacial score (nSPS) is 14.7. The first-order valence-electron chi connectivity index (χ1n) is 11.4. The van der Waals surface area contributed by atoms with Crippen LogP contribution in [0.5, 0.6) is 11.5 Å². The van der Waals surface area contributed by atoms with E-state index >= 15 is 0 Å². The maximum atomic E-state index is 13.2. The number of anilines is 1. The summed E-state index contributed by atoms with van der Waals surface area (Å²) in [6, 6.07) is 17.6. The van der Waals surface area contributed by atoms with Crippen LogP contribution in [-0.4, -0.2) is 24.5 Å². The van der Waals surface area contributed by atoms with Crippen molar-refractivity contribution in [1.82, 2.24) is 5.32 Å². The molecule has 4 rings (SSSR count). The molecule has 0 spiro atoms. The van der Waals surface area contributed by atoms with Crippen LogP contribution in [0.2, 0.25) is 0 Å². The third-order valence-electron chi connectivity index (χ3n) is 5.57. The molecule has 4 amide bonds. The van der Waals surface area contributed by atoms with Crippen LogP contribution in [0.25, 0.3) is 6.08 Å². The van der Waals surface area contributed by atoms with Crippen LogP contribution in [0.4, 0.5) is 10.5 Å². The molecule has 1 aliphatic heterocycles. The van der Waals surface area contributed by atoms with Gasteiger partial charge in [0.1, 0.15) is 12.2 Å². The molecule has 1 aliphatic rings. The van der Waals surface area contributed by atoms with Gasteiger partial charge in [-0.3, -0.25) is 14.9 Å². The number of carbonyl (C=O) groups is 3. The molecule has 0 saturated carbocycles. The maximum Gasteiger partial charge on any atom is 0.335 e. The number of rotatable bonds is 7. The highest BCUT2D eigenvalue weighted by molar-refractivity contribution is 9.10. The van der Waals surface area contributed by atoms with Crippen LogP contribution in [0.1, 0.15) is 29.2 Å². The van der Waals surface area contributed by atoms with Crippen LogP contribution in [0, 0.1) is 13.8 Å². The number of benzene rings is 3. The van der Waals surface area contributed by atoms with E-state index in [1.54, 1.807) is 36.4 Å². The molecule has 1 N–H and O–H groups in total. The van der Waals surface area contributed by atoms with Crippen molar-refractivity contribution in [2.24, 2.45) is 0 Å². The van der Waals surface area contributed by atoms with Crippen molar-refractivity contribution in [1.29, 1.82) is 0 Å². The summed E-state index contributed by atoms with van der Waals surface area (Å²) in [5.41, 5.74) is 3.88. The Kier molecular flexibility index (Phi) is 7.55. The number of urea groups is 1. The Morgan fingerprint density at radius 3 is 2.14 bits per heavy atom. The summed E-state index contributed by atoms with van der Waals surface area (Å²) in [7, 11) is 0. The third kappa shape index (κ3) is 5.49. The van der Waals surface area contributed by atoms with E-state index in [1.165, 1.54) is 6.08 Å². The standard InChI is InChI=1S/C28H25BrN2O5/c1-4-35-24-14-20(23(29)15-25(24)36-16-19-9-5-17(2)6-10-19)13-22-26(32)30-28(34)31(27(22)33)21-11-7-18(3)8-12-21/h5-15H,4,16H2,1-3H3,(H,30,32,34)/b22-13+. The zero-order chi connectivity index (χ0) is 25.8. The molecule has 36 heavy (non-hydrogen) atoms. The summed E-state index contributed by atoms with van der Waals surface area (Å²) < 4.78 is 12.4. The SMILES string of the molecule is CCOc1cc(/C=C2\C(=O)NC(=O)N(c3ccc(C)cc3)C2=O)c(Br)cc1OCc1ccc(C)cc1. The molecular weight excluding hydrogens is 524 g/mol. The predicted molar refractivity (Wildman–Crippen MR) is 141 cm³/mol. The number of aryl methyl sites for hydroxylation is 2. The highest BCUT2D eigenvalue weighted by Gasteiger charge is 2.37. The largest absolute Gasteiger partial charge is 0.490 e. The average molecular weight is 549 g/mol. The topological polar surface area (TPSA) is 84.9 Å². The Labute approximate surface area is 217 Å². The third-order valence-corrected chi connectivity index (χ3v) is 6.26. The number of hydrogen-bond acceptors (Lipinski definition) is 5. The Morgan fingerprint density at radius 2 is 1.50 bits per heavy atom. The van der Waals surface area contributed by atoms with Gasteiger partial charge in [-0.15, -0.1) is 0 Å². The van der Waals surface area contributed by atoms with E-state index < -0.39 is 17.8 Å². The Hall–Kier alpha value is -3.91. The smallest absolute Gasteiger partial charge is 0.335 e. The molecule has 1 saturated heterocycles. The van der Waals surface area contributed by atoms with Crippen LogP contribution in [0.3, 0.4) is 0 Å². The summed E-state index contributed by atoms with van der Waals surface area (Å²) in [5.74, 6) is -0.493. The van der Waals surface area contributed by atoms with Gasteiger partial charge >= 0.3 is 6.03 Å². The fraction of sp³-hybridized carbons (Fsp3) is 0.179. The molecule has 0 bridgehead atoms. The average Bonchev–Trinajstić information content (AvgIpc) is 2.84.